The van der Waals surface area contributed by atoms with Crippen molar-refractivity contribution in [3.05, 3.63) is 112 Å². The zero-order valence-corrected chi connectivity index (χ0v) is 23.1. The van der Waals surface area contributed by atoms with Gasteiger partial charge in [0.25, 0.3) is 15.6 Å². The van der Waals surface area contributed by atoms with Crippen LogP contribution in [0.2, 0.25) is 5.15 Å². The zero-order chi connectivity index (χ0) is 28.1. The monoisotopic (exact) mass is 592 g/mol. The lowest BCUT2D eigenvalue weighted by molar-refractivity contribution is -0.118. The number of carbonyl (C=O) groups is 1. The second kappa shape index (κ2) is 11.9. The third-order valence-electron chi connectivity index (χ3n) is 5.69. The fourth-order valence-corrected chi connectivity index (χ4v) is 5.70. The SMILES string of the molecule is O=C(CSc1nc2ccccc2c(=O)n1-c1ccc(S(=O)(=O)Nc2ccc(Cl)nn2)cc1)NCc1ccccc1. The summed E-state index contributed by atoms with van der Waals surface area (Å²) in [4.78, 5) is 30.7. The normalized spacial score (nSPS) is 11.3. The van der Waals surface area contributed by atoms with Crippen molar-refractivity contribution in [3.8, 4) is 5.69 Å². The molecule has 0 radical (unpaired) electrons. The topological polar surface area (TPSA) is 136 Å². The molecule has 10 nitrogen and oxygen atoms in total. The molecule has 0 bridgehead atoms. The molecule has 2 heterocycles. The Labute approximate surface area is 238 Å². The number of hydrogen-bond acceptors (Lipinski definition) is 8. The number of halogens is 1. The molecule has 2 aromatic heterocycles. The fraction of sp³-hybridized carbons (Fsp3) is 0.0741. The van der Waals surface area contributed by atoms with E-state index in [-0.39, 0.29) is 33.1 Å². The number of sulfonamides is 1. The minimum atomic E-state index is -3.99. The van der Waals surface area contributed by atoms with Crippen molar-refractivity contribution in [1.82, 2.24) is 25.1 Å². The van der Waals surface area contributed by atoms with Gasteiger partial charge in [0.2, 0.25) is 5.91 Å². The highest BCUT2D eigenvalue weighted by Gasteiger charge is 2.18. The van der Waals surface area contributed by atoms with Gasteiger partial charge in [0.05, 0.1) is 27.2 Å². The number of carbonyl (C=O) groups excluding carboxylic acids is 1. The number of anilines is 1. The van der Waals surface area contributed by atoms with Gasteiger partial charge < -0.3 is 5.32 Å². The third kappa shape index (κ3) is 6.30. The summed E-state index contributed by atoms with van der Waals surface area (Å²) in [7, 11) is -3.99. The second-order valence-corrected chi connectivity index (χ2v) is 11.5. The molecule has 0 aliphatic rings. The number of hydrogen-bond donors (Lipinski definition) is 2. The maximum Gasteiger partial charge on any atom is 0.266 e. The number of para-hydroxylation sites is 1. The maximum atomic E-state index is 13.5. The maximum absolute atomic E-state index is 13.5. The van der Waals surface area contributed by atoms with Crippen LogP contribution in [0.3, 0.4) is 0 Å². The van der Waals surface area contributed by atoms with Crippen molar-refractivity contribution in [2.75, 3.05) is 10.5 Å². The smallest absolute Gasteiger partial charge is 0.266 e. The van der Waals surface area contributed by atoms with Crippen molar-refractivity contribution in [1.29, 1.82) is 0 Å². The Balaban J connectivity index is 1.41. The van der Waals surface area contributed by atoms with Crippen molar-refractivity contribution < 1.29 is 13.2 Å². The summed E-state index contributed by atoms with van der Waals surface area (Å²) in [6.07, 6.45) is 0. The van der Waals surface area contributed by atoms with Crippen LogP contribution in [0.5, 0.6) is 0 Å². The average Bonchev–Trinajstić information content (AvgIpc) is 2.97. The Kier molecular flexibility index (Phi) is 8.10. The minimum absolute atomic E-state index is 0.00709. The van der Waals surface area contributed by atoms with E-state index in [1.54, 1.807) is 24.3 Å². The van der Waals surface area contributed by atoms with E-state index in [1.165, 1.54) is 41.0 Å². The minimum Gasteiger partial charge on any atom is -0.351 e. The first-order chi connectivity index (χ1) is 19.3. The molecule has 0 saturated carbocycles. The summed E-state index contributed by atoms with van der Waals surface area (Å²) in [5.74, 6) is -0.191. The van der Waals surface area contributed by atoms with Crippen molar-refractivity contribution in [3.63, 3.8) is 0 Å². The highest BCUT2D eigenvalue weighted by molar-refractivity contribution is 7.99. The first kappa shape index (κ1) is 27.3. The molecule has 3 aromatic carbocycles. The Morgan fingerprint density at radius 3 is 2.35 bits per heavy atom. The second-order valence-electron chi connectivity index (χ2n) is 8.44. The molecular formula is C27H21ClN6O4S2. The number of rotatable bonds is 9. The van der Waals surface area contributed by atoms with Crippen LogP contribution in [0, 0.1) is 0 Å². The molecule has 13 heteroatoms. The molecule has 2 N–H and O–H groups in total. The number of benzene rings is 3. The molecule has 0 unspecified atom stereocenters. The van der Waals surface area contributed by atoms with E-state index in [0.29, 0.717) is 28.3 Å². The van der Waals surface area contributed by atoms with E-state index in [2.05, 4.69) is 25.2 Å². The molecule has 202 valence electrons. The predicted molar refractivity (Wildman–Crippen MR) is 154 cm³/mol. The van der Waals surface area contributed by atoms with Crippen LogP contribution in [0.15, 0.2) is 106 Å². The Bertz CT molecular complexity index is 1830. The third-order valence-corrected chi connectivity index (χ3v) is 8.20. The van der Waals surface area contributed by atoms with E-state index in [9.17, 15) is 18.0 Å². The Hall–Kier alpha value is -4.26. The number of fused-ring (bicyclic) bond motifs is 1. The van der Waals surface area contributed by atoms with Gasteiger partial charge in [-0.3, -0.25) is 18.9 Å². The first-order valence-electron chi connectivity index (χ1n) is 11.9. The van der Waals surface area contributed by atoms with Gasteiger partial charge in [-0.15, -0.1) is 10.2 Å². The van der Waals surface area contributed by atoms with Gasteiger partial charge in [-0.05, 0) is 54.1 Å². The van der Waals surface area contributed by atoms with Crippen LogP contribution in [-0.4, -0.2) is 39.8 Å². The van der Waals surface area contributed by atoms with Gasteiger partial charge in [-0.1, -0.05) is 65.8 Å². The highest BCUT2D eigenvalue weighted by Crippen LogP contribution is 2.23. The summed E-state index contributed by atoms with van der Waals surface area (Å²) in [5, 5.41) is 11.0. The summed E-state index contributed by atoms with van der Waals surface area (Å²) < 4.78 is 29.4. The molecule has 0 aliphatic heterocycles. The number of thioether (sulfide) groups is 1. The van der Waals surface area contributed by atoms with E-state index in [4.69, 9.17) is 11.6 Å². The Morgan fingerprint density at radius 2 is 1.62 bits per heavy atom. The standard InChI is InChI=1S/C27H21ClN6O4S2/c28-23-14-15-24(32-31-23)33-40(37,38)20-12-10-19(11-13-20)34-26(36)21-8-4-5-9-22(21)30-27(34)39-17-25(35)29-16-18-6-2-1-3-7-18/h1-15H,16-17H2,(H,29,35)(H,32,33). The van der Waals surface area contributed by atoms with Crippen LogP contribution >= 0.6 is 23.4 Å². The number of aromatic nitrogens is 4. The number of amides is 1. The van der Waals surface area contributed by atoms with Gasteiger partial charge >= 0.3 is 0 Å². The van der Waals surface area contributed by atoms with Crippen molar-refractivity contribution >= 4 is 56.0 Å². The van der Waals surface area contributed by atoms with E-state index >= 15 is 0 Å². The molecule has 0 fully saturated rings. The van der Waals surface area contributed by atoms with Crippen LogP contribution in [0.25, 0.3) is 16.6 Å². The van der Waals surface area contributed by atoms with E-state index < -0.39 is 10.0 Å². The summed E-state index contributed by atoms with van der Waals surface area (Å²) in [6.45, 7) is 0.379. The molecule has 5 rings (SSSR count). The first-order valence-corrected chi connectivity index (χ1v) is 14.7. The molecule has 0 spiro atoms. The molecule has 5 aromatic rings. The average molecular weight is 593 g/mol. The number of nitrogens with zero attached hydrogens (tertiary/aromatic N) is 4. The Morgan fingerprint density at radius 1 is 0.900 bits per heavy atom. The molecule has 0 atom stereocenters. The predicted octanol–water partition coefficient (Wildman–Crippen LogP) is 4.04. The van der Waals surface area contributed by atoms with Crippen LogP contribution in [-0.2, 0) is 21.4 Å². The lowest BCUT2D eigenvalue weighted by atomic mass is 10.2. The lowest BCUT2D eigenvalue weighted by Crippen LogP contribution is -2.26. The summed E-state index contributed by atoms with van der Waals surface area (Å²) in [6, 6.07) is 25.0. The summed E-state index contributed by atoms with van der Waals surface area (Å²) >= 11 is 6.82. The van der Waals surface area contributed by atoms with Gasteiger partial charge in [0.15, 0.2) is 16.1 Å². The quantitative estimate of drug-likeness (QED) is 0.193. The van der Waals surface area contributed by atoms with Crippen LogP contribution < -0.4 is 15.6 Å². The van der Waals surface area contributed by atoms with E-state index in [0.717, 1.165) is 17.3 Å². The van der Waals surface area contributed by atoms with Gasteiger partial charge in [0, 0.05) is 6.54 Å². The largest absolute Gasteiger partial charge is 0.351 e. The zero-order valence-electron chi connectivity index (χ0n) is 20.7. The van der Waals surface area contributed by atoms with Gasteiger partial charge in [-0.2, -0.15) is 0 Å². The number of nitrogens with one attached hydrogen (secondary N) is 2. The highest BCUT2D eigenvalue weighted by atomic mass is 35.5. The van der Waals surface area contributed by atoms with Gasteiger partial charge in [-0.25, -0.2) is 13.4 Å². The van der Waals surface area contributed by atoms with Crippen LogP contribution in [0.4, 0.5) is 5.82 Å². The van der Waals surface area contributed by atoms with Crippen molar-refractivity contribution in [2.45, 2.75) is 16.6 Å². The summed E-state index contributed by atoms with van der Waals surface area (Å²) in [5.41, 5.74) is 1.50. The molecule has 40 heavy (non-hydrogen) atoms. The van der Waals surface area contributed by atoms with E-state index in [1.807, 2.05) is 30.3 Å². The molecule has 1 amide bonds. The van der Waals surface area contributed by atoms with Gasteiger partial charge in [0.1, 0.15) is 0 Å². The van der Waals surface area contributed by atoms with Crippen molar-refractivity contribution in [2.24, 2.45) is 0 Å². The molecule has 0 saturated heterocycles. The molecular weight excluding hydrogens is 572 g/mol. The molecule has 0 aliphatic carbocycles. The van der Waals surface area contributed by atoms with Crippen LogP contribution in [0.1, 0.15) is 5.56 Å². The fourth-order valence-electron chi connectivity index (χ4n) is 3.76. The lowest BCUT2D eigenvalue weighted by Gasteiger charge is -2.14.